The van der Waals surface area contributed by atoms with Gasteiger partial charge in [-0.05, 0) is 13.0 Å². The van der Waals surface area contributed by atoms with Gasteiger partial charge in [-0.25, -0.2) is 15.0 Å². The van der Waals surface area contributed by atoms with Gasteiger partial charge in [0.15, 0.2) is 10.8 Å². The van der Waals surface area contributed by atoms with Crippen LogP contribution in [0, 0.1) is 6.92 Å². The SMILES string of the molecule is Cc1cc(N)nc(SCc2cn3cc(Cl)cc(Cl)c3n2)n1. The van der Waals surface area contributed by atoms with Crippen LogP contribution >= 0.6 is 35.0 Å². The Labute approximate surface area is 135 Å². The second-order valence-corrected chi connectivity index (χ2v) is 6.26. The molecular formula is C13H11Cl2N5S. The summed E-state index contributed by atoms with van der Waals surface area (Å²) in [7, 11) is 0. The number of imidazole rings is 1. The van der Waals surface area contributed by atoms with Crippen molar-refractivity contribution >= 4 is 46.4 Å². The molecule has 3 aromatic heterocycles. The maximum atomic E-state index is 6.12. The summed E-state index contributed by atoms with van der Waals surface area (Å²) in [4.78, 5) is 13.0. The molecule has 0 aliphatic carbocycles. The number of rotatable bonds is 3. The highest BCUT2D eigenvalue weighted by Gasteiger charge is 2.08. The number of aromatic nitrogens is 4. The van der Waals surface area contributed by atoms with E-state index in [-0.39, 0.29) is 0 Å². The Balaban J connectivity index is 1.83. The predicted octanol–water partition coefficient (Wildman–Crippen LogP) is 3.61. The molecule has 108 valence electrons. The van der Waals surface area contributed by atoms with Crippen molar-refractivity contribution in [3.05, 3.63) is 46.0 Å². The van der Waals surface area contributed by atoms with Gasteiger partial charge in [-0.15, -0.1) is 0 Å². The minimum atomic E-state index is 0.467. The van der Waals surface area contributed by atoms with Gasteiger partial charge in [0.1, 0.15) is 5.82 Å². The Morgan fingerprint density at radius 3 is 2.76 bits per heavy atom. The first-order chi connectivity index (χ1) is 10.0. The molecule has 0 spiro atoms. The molecule has 0 atom stereocenters. The molecule has 0 unspecified atom stereocenters. The first kappa shape index (κ1) is 14.4. The smallest absolute Gasteiger partial charge is 0.190 e. The number of hydrogen-bond acceptors (Lipinski definition) is 5. The monoisotopic (exact) mass is 339 g/mol. The number of nitrogens with two attached hydrogens (primary N) is 1. The molecular weight excluding hydrogens is 329 g/mol. The molecule has 2 N–H and O–H groups in total. The zero-order valence-corrected chi connectivity index (χ0v) is 13.4. The Morgan fingerprint density at radius 2 is 2.00 bits per heavy atom. The van der Waals surface area contributed by atoms with Gasteiger partial charge in [-0.1, -0.05) is 35.0 Å². The summed E-state index contributed by atoms with van der Waals surface area (Å²) in [6.07, 6.45) is 3.66. The average Bonchev–Trinajstić information content (AvgIpc) is 2.78. The molecule has 0 saturated heterocycles. The molecule has 8 heteroatoms. The largest absolute Gasteiger partial charge is 0.384 e. The summed E-state index contributed by atoms with van der Waals surface area (Å²) >= 11 is 13.6. The van der Waals surface area contributed by atoms with Crippen molar-refractivity contribution in [2.45, 2.75) is 17.8 Å². The van der Waals surface area contributed by atoms with Crippen molar-refractivity contribution in [3.63, 3.8) is 0 Å². The predicted molar refractivity (Wildman–Crippen MR) is 86.0 cm³/mol. The fourth-order valence-corrected chi connectivity index (χ4v) is 3.23. The number of fused-ring (bicyclic) bond motifs is 1. The zero-order chi connectivity index (χ0) is 15.0. The molecule has 0 aliphatic heterocycles. The summed E-state index contributed by atoms with van der Waals surface area (Å²) < 4.78 is 1.81. The summed E-state index contributed by atoms with van der Waals surface area (Å²) in [6.45, 7) is 1.88. The third kappa shape index (κ3) is 3.23. The molecule has 5 nitrogen and oxygen atoms in total. The lowest BCUT2D eigenvalue weighted by Gasteiger charge is -2.00. The minimum absolute atomic E-state index is 0.467. The van der Waals surface area contributed by atoms with Crippen LogP contribution in [0.1, 0.15) is 11.4 Å². The van der Waals surface area contributed by atoms with E-state index >= 15 is 0 Å². The fraction of sp³-hybridized carbons (Fsp3) is 0.154. The highest BCUT2D eigenvalue weighted by molar-refractivity contribution is 7.98. The van der Waals surface area contributed by atoms with Gasteiger partial charge in [0.2, 0.25) is 0 Å². The summed E-state index contributed by atoms with van der Waals surface area (Å²) in [6, 6.07) is 3.41. The second-order valence-electron chi connectivity index (χ2n) is 4.47. The third-order valence-corrected chi connectivity index (χ3v) is 4.09. The molecule has 0 bridgehead atoms. The van der Waals surface area contributed by atoms with Crippen LogP contribution in [-0.2, 0) is 5.75 Å². The molecule has 3 heterocycles. The molecule has 0 aliphatic rings. The highest BCUT2D eigenvalue weighted by atomic mass is 35.5. The van der Waals surface area contributed by atoms with Crippen molar-refractivity contribution in [1.29, 1.82) is 0 Å². The quantitative estimate of drug-likeness (QED) is 0.583. The van der Waals surface area contributed by atoms with Gasteiger partial charge in [-0.2, -0.15) is 0 Å². The summed E-state index contributed by atoms with van der Waals surface area (Å²) in [5.74, 6) is 1.09. The molecule has 0 radical (unpaired) electrons. The number of aryl methyl sites for hydroxylation is 1. The van der Waals surface area contributed by atoms with E-state index in [1.54, 1.807) is 18.3 Å². The van der Waals surface area contributed by atoms with Gasteiger partial charge < -0.3 is 10.1 Å². The maximum Gasteiger partial charge on any atom is 0.190 e. The third-order valence-electron chi connectivity index (χ3n) is 2.73. The maximum absolute atomic E-state index is 6.12. The Kier molecular flexibility index (Phi) is 3.93. The van der Waals surface area contributed by atoms with E-state index in [4.69, 9.17) is 28.9 Å². The zero-order valence-electron chi connectivity index (χ0n) is 11.0. The molecule has 0 aromatic carbocycles. The van der Waals surface area contributed by atoms with E-state index in [2.05, 4.69) is 15.0 Å². The van der Waals surface area contributed by atoms with Crippen LogP contribution in [0.3, 0.4) is 0 Å². The number of nitrogens with zero attached hydrogens (tertiary/aromatic N) is 4. The Hall–Kier alpha value is -1.50. The molecule has 3 rings (SSSR count). The molecule has 3 aromatic rings. The summed E-state index contributed by atoms with van der Waals surface area (Å²) in [5.41, 5.74) is 8.10. The molecule has 0 fully saturated rings. The minimum Gasteiger partial charge on any atom is -0.384 e. The van der Waals surface area contributed by atoms with E-state index < -0.39 is 0 Å². The number of thioether (sulfide) groups is 1. The lowest BCUT2D eigenvalue weighted by atomic mass is 10.4. The Morgan fingerprint density at radius 1 is 1.19 bits per heavy atom. The highest BCUT2D eigenvalue weighted by Crippen LogP contribution is 2.25. The first-order valence-electron chi connectivity index (χ1n) is 6.08. The van der Waals surface area contributed by atoms with Crippen LogP contribution < -0.4 is 5.73 Å². The number of hydrogen-bond donors (Lipinski definition) is 1. The summed E-state index contributed by atoms with van der Waals surface area (Å²) in [5, 5.41) is 1.72. The van der Waals surface area contributed by atoms with E-state index in [9.17, 15) is 0 Å². The number of halogens is 2. The topological polar surface area (TPSA) is 69.1 Å². The van der Waals surface area contributed by atoms with Crippen molar-refractivity contribution in [2.24, 2.45) is 0 Å². The van der Waals surface area contributed by atoms with Crippen molar-refractivity contribution in [2.75, 3.05) is 5.73 Å². The number of nitrogen functional groups attached to an aromatic ring is 1. The number of pyridine rings is 1. The lowest BCUT2D eigenvalue weighted by molar-refractivity contribution is 0.939. The van der Waals surface area contributed by atoms with Gasteiger partial charge in [0.25, 0.3) is 0 Å². The standard InChI is InChI=1S/C13H11Cl2N5S/c1-7-2-11(16)19-13(17-7)21-6-9-5-20-4-8(14)3-10(15)12(20)18-9/h2-5H,6H2,1H3,(H2,16,17,19). The molecule has 0 saturated carbocycles. The van der Waals surface area contributed by atoms with Crippen LogP contribution in [0.5, 0.6) is 0 Å². The van der Waals surface area contributed by atoms with E-state index in [0.717, 1.165) is 11.4 Å². The average molecular weight is 340 g/mol. The number of anilines is 1. The van der Waals surface area contributed by atoms with Crippen molar-refractivity contribution in [3.8, 4) is 0 Å². The first-order valence-corrected chi connectivity index (χ1v) is 7.82. The van der Waals surface area contributed by atoms with Crippen LogP contribution in [0.4, 0.5) is 5.82 Å². The van der Waals surface area contributed by atoms with Crippen molar-refractivity contribution < 1.29 is 0 Å². The normalized spacial score (nSPS) is 11.2. The van der Waals surface area contributed by atoms with E-state index in [1.807, 2.05) is 17.5 Å². The van der Waals surface area contributed by atoms with Crippen LogP contribution in [0.25, 0.3) is 5.65 Å². The van der Waals surface area contributed by atoms with Gasteiger partial charge in [0.05, 0.1) is 15.7 Å². The van der Waals surface area contributed by atoms with Crippen LogP contribution in [0.15, 0.2) is 29.7 Å². The van der Waals surface area contributed by atoms with E-state index in [0.29, 0.717) is 32.4 Å². The Bertz CT molecular complexity index is 797. The van der Waals surface area contributed by atoms with E-state index in [1.165, 1.54) is 11.8 Å². The molecule has 0 amide bonds. The van der Waals surface area contributed by atoms with Gasteiger partial charge in [-0.3, -0.25) is 0 Å². The fourth-order valence-electron chi connectivity index (χ4n) is 1.91. The lowest BCUT2D eigenvalue weighted by Crippen LogP contribution is -1.96. The van der Waals surface area contributed by atoms with Gasteiger partial charge >= 0.3 is 0 Å². The second kappa shape index (κ2) is 5.71. The molecule has 21 heavy (non-hydrogen) atoms. The van der Waals surface area contributed by atoms with Gasteiger partial charge in [0, 0.05) is 29.9 Å². The van der Waals surface area contributed by atoms with Crippen LogP contribution in [0.2, 0.25) is 10.0 Å². The van der Waals surface area contributed by atoms with Crippen molar-refractivity contribution in [1.82, 2.24) is 19.4 Å². The van der Waals surface area contributed by atoms with Crippen LogP contribution in [-0.4, -0.2) is 19.4 Å².